The number of benzene rings is 2. The Morgan fingerprint density at radius 1 is 1.19 bits per heavy atom. The molecule has 5 heteroatoms. The molecule has 3 nitrogen and oxygen atoms in total. The Bertz CT molecular complexity index is 623. The SMILES string of the molecule is COC(=O)Cc1ccccc1COc1cc(F)cc(Br)c1. The first-order valence-electron chi connectivity index (χ1n) is 6.31. The third-order valence-corrected chi connectivity index (χ3v) is 3.37. The summed E-state index contributed by atoms with van der Waals surface area (Å²) >= 11 is 3.21. The highest BCUT2D eigenvalue weighted by Gasteiger charge is 2.08. The van der Waals surface area contributed by atoms with Crippen LogP contribution in [-0.2, 0) is 22.6 Å². The van der Waals surface area contributed by atoms with Gasteiger partial charge in [-0.15, -0.1) is 0 Å². The molecule has 0 aliphatic rings. The van der Waals surface area contributed by atoms with Crippen LogP contribution in [0.25, 0.3) is 0 Å². The minimum absolute atomic E-state index is 0.183. The van der Waals surface area contributed by atoms with E-state index in [0.717, 1.165) is 11.1 Å². The molecule has 0 amide bonds. The maximum Gasteiger partial charge on any atom is 0.309 e. The molecule has 0 radical (unpaired) electrons. The zero-order valence-electron chi connectivity index (χ0n) is 11.4. The molecule has 0 aromatic heterocycles. The number of carbonyl (C=O) groups is 1. The zero-order valence-corrected chi connectivity index (χ0v) is 13.0. The van der Waals surface area contributed by atoms with Gasteiger partial charge in [0.1, 0.15) is 18.2 Å². The molecule has 0 atom stereocenters. The van der Waals surface area contributed by atoms with Crippen molar-refractivity contribution in [3.05, 3.63) is 63.9 Å². The summed E-state index contributed by atoms with van der Waals surface area (Å²) in [6.07, 6.45) is 0.183. The maximum absolute atomic E-state index is 13.3. The van der Waals surface area contributed by atoms with E-state index in [1.807, 2.05) is 24.3 Å². The van der Waals surface area contributed by atoms with Crippen LogP contribution in [0.2, 0.25) is 0 Å². The van der Waals surface area contributed by atoms with Crippen LogP contribution in [0.15, 0.2) is 46.9 Å². The maximum atomic E-state index is 13.3. The van der Waals surface area contributed by atoms with E-state index in [0.29, 0.717) is 10.2 Å². The van der Waals surface area contributed by atoms with Crippen LogP contribution in [-0.4, -0.2) is 13.1 Å². The summed E-state index contributed by atoms with van der Waals surface area (Å²) in [6, 6.07) is 11.8. The quantitative estimate of drug-likeness (QED) is 0.766. The van der Waals surface area contributed by atoms with E-state index in [2.05, 4.69) is 20.7 Å². The fourth-order valence-corrected chi connectivity index (χ4v) is 2.32. The number of hydrogen-bond acceptors (Lipinski definition) is 3. The van der Waals surface area contributed by atoms with Gasteiger partial charge in [0, 0.05) is 10.5 Å². The largest absolute Gasteiger partial charge is 0.489 e. The van der Waals surface area contributed by atoms with Crippen molar-refractivity contribution < 1.29 is 18.7 Å². The molecule has 110 valence electrons. The lowest BCUT2D eigenvalue weighted by atomic mass is 10.1. The lowest BCUT2D eigenvalue weighted by Gasteiger charge is -2.11. The predicted octanol–water partition coefficient (Wildman–Crippen LogP) is 3.88. The second-order valence-corrected chi connectivity index (χ2v) is 5.33. The first-order valence-corrected chi connectivity index (χ1v) is 7.10. The number of carbonyl (C=O) groups excluding carboxylic acids is 1. The zero-order chi connectivity index (χ0) is 15.2. The van der Waals surface area contributed by atoms with Crippen molar-refractivity contribution in [2.45, 2.75) is 13.0 Å². The van der Waals surface area contributed by atoms with Crippen molar-refractivity contribution in [1.82, 2.24) is 0 Å². The van der Waals surface area contributed by atoms with Gasteiger partial charge in [-0.25, -0.2) is 4.39 Å². The minimum Gasteiger partial charge on any atom is -0.489 e. The Hall–Kier alpha value is -1.88. The number of rotatable bonds is 5. The molecular weight excluding hydrogens is 339 g/mol. The van der Waals surface area contributed by atoms with Crippen molar-refractivity contribution in [3.63, 3.8) is 0 Å². The number of ether oxygens (including phenoxy) is 2. The fraction of sp³-hybridized carbons (Fsp3) is 0.188. The highest BCUT2D eigenvalue weighted by Crippen LogP contribution is 2.22. The van der Waals surface area contributed by atoms with Crippen molar-refractivity contribution >= 4 is 21.9 Å². The van der Waals surface area contributed by atoms with Gasteiger partial charge in [-0.2, -0.15) is 0 Å². The van der Waals surface area contributed by atoms with Gasteiger partial charge in [-0.3, -0.25) is 4.79 Å². The van der Waals surface area contributed by atoms with Crippen LogP contribution in [0.3, 0.4) is 0 Å². The third-order valence-electron chi connectivity index (χ3n) is 2.91. The minimum atomic E-state index is -0.373. The van der Waals surface area contributed by atoms with Gasteiger partial charge in [0.05, 0.1) is 13.5 Å². The summed E-state index contributed by atoms with van der Waals surface area (Å²) in [4.78, 5) is 11.4. The summed E-state index contributed by atoms with van der Waals surface area (Å²) in [5, 5.41) is 0. The lowest BCUT2D eigenvalue weighted by Crippen LogP contribution is -2.08. The summed E-state index contributed by atoms with van der Waals surface area (Å²) in [5.74, 6) is -0.257. The lowest BCUT2D eigenvalue weighted by molar-refractivity contribution is -0.139. The summed E-state index contributed by atoms with van der Waals surface area (Å²) in [6.45, 7) is 0.253. The van der Waals surface area contributed by atoms with Crippen molar-refractivity contribution in [3.8, 4) is 5.75 Å². The van der Waals surface area contributed by atoms with Gasteiger partial charge in [0.2, 0.25) is 0 Å². The molecule has 0 heterocycles. The Morgan fingerprint density at radius 3 is 2.57 bits per heavy atom. The van der Waals surface area contributed by atoms with E-state index in [1.165, 1.54) is 19.2 Å². The molecule has 21 heavy (non-hydrogen) atoms. The standard InChI is InChI=1S/C16H14BrFO3/c1-20-16(19)6-11-4-2-3-5-12(11)10-21-15-8-13(17)7-14(18)9-15/h2-5,7-9H,6,10H2,1H3. The molecule has 0 aliphatic heterocycles. The Kier molecular flexibility index (Phi) is 5.33. The van der Waals surface area contributed by atoms with E-state index in [-0.39, 0.29) is 24.8 Å². The van der Waals surface area contributed by atoms with Gasteiger partial charge >= 0.3 is 5.97 Å². The van der Waals surface area contributed by atoms with Crippen LogP contribution >= 0.6 is 15.9 Å². The number of methoxy groups -OCH3 is 1. The first-order chi connectivity index (χ1) is 10.1. The van der Waals surface area contributed by atoms with Crippen molar-refractivity contribution in [2.75, 3.05) is 7.11 Å². The van der Waals surface area contributed by atoms with Crippen LogP contribution in [0.5, 0.6) is 5.75 Å². The van der Waals surface area contributed by atoms with Gasteiger partial charge in [-0.1, -0.05) is 40.2 Å². The first kappa shape index (κ1) is 15.5. The Balaban J connectivity index is 2.10. The second-order valence-electron chi connectivity index (χ2n) is 4.42. The van der Waals surface area contributed by atoms with Gasteiger partial charge in [0.25, 0.3) is 0 Å². The van der Waals surface area contributed by atoms with E-state index in [1.54, 1.807) is 6.07 Å². The van der Waals surface area contributed by atoms with Crippen LogP contribution in [0, 0.1) is 5.82 Å². The molecule has 0 bridgehead atoms. The van der Waals surface area contributed by atoms with Gasteiger partial charge in [-0.05, 0) is 23.3 Å². The summed E-state index contributed by atoms with van der Waals surface area (Å²) in [7, 11) is 1.35. The molecule has 0 aliphatic carbocycles. The molecule has 0 saturated carbocycles. The predicted molar refractivity (Wildman–Crippen MR) is 80.6 cm³/mol. The highest BCUT2D eigenvalue weighted by molar-refractivity contribution is 9.10. The molecular formula is C16H14BrFO3. The molecule has 2 rings (SSSR count). The number of esters is 1. The monoisotopic (exact) mass is 352 g/mol. The highest BCUT2D eigenvalue weighted by atomic mass is 79.9. The molecule has 2 aromatic rings. The normalized spacial score (nSPS) is 10.2. The van der Waals surface area contributed by atoms with Crippen molar-refractivity contribution in [2.24, 2.45) is 0 Å². The summed E-state index contributed by atoms with van der Waals surface area (Å²) < 4.78 is 24.1. The third kappa shape index (κ3) is 4.56. The number of halogens is 2. The van der Waals surface area contributed by atoms with E-state index in [9.17, 15) is 9.18 Å². The Morgan fingerprint density at radius 2 is 1.90 bits per heavy atom. The second kappa shape index (κ2) is 7.22. The molecule has 0 saturated heterocycles. The fourth-order valence-electron chi connectivity index (χ4n) is 1.87. The molecule has 2 aromatic carbocycles. The van der Waals surface area contributed by atoms with Crippen LogP contribution < -0.4 is 4.74 Å². The van der Waals surface area contributed by atoms with Crippen molar-refractivity contribution in [1.29, 1.82) is 0 Å². The van der Waals surface area contributed by atoms with E-state index >= 15 is 0 Å². The molecule has 0 unspecified atom stereocenters. The summed E-state index contributed by atoms with van der Waals surface area (Å²) in [5.41, 5.74) is 1.70. The Labute approximate surface area is 130 Å². The smallest absolute Gasteiger partial charge is 0.309 e. The molecule has 0 N–H and O–H groups in total. The van der Waals surface area contributed by atoms with Gasteiger partial charge < -0.3 is 9.47 Å². The topological polar surface area (TPSA) is 35.5 Å². The van der Waals surface area contributed by atoms with Crippen LogP contribution in [0.1, 0.15) is 11.1 Å². The van der Waals surface area contributed by atoms with E-state index < -0.39 is 0 Å². The van der Waals surface area contributed by atoms with Gasteiger partial charge in [0.15, 0.2) is 0 Å². The van der Waals surface area contributed by atoms with E-state index in [4.69, 9.17) is 4.74 Å². The molecule has 0 spiro atoms. The average molecular weight is 353 g/mol. The molecule has 0 fully saturated rings. The number of hydrogen-bond donors (Lipinski definition) is 0. The van der Waals surface area contributed by atoms with Crippen LogP contribution in [0.4, 0.5) is 4.39 Å². The average Bonchev–Trinajstić information content (AvgIpc) is 2.45.